The fourth-order valence-corrected chi connectivity index (χ4v) is 2.90. The van der Waals surface area contributed by atoms with Gasteiger partial charge < -0.3 is 0 Å². The van der Waals surface area contributed by atoms with Crippen LogP contribution in [0.25, 0.3) is 0 Å². The van der Waals surface area contributed by atoms with Crippen LogP contribution in [0, 0.1) is 18.8 Å². The first kappa shape index (κ1) is 13.5. The summed E-state index contributed by atoms with van der Waals surface area (Å²) in [4.78, 5) is 36.8. The Morgan fingerprint density at radius 3 is 2.24 bits per heavy atom. The monoisotopic (exact) mass is 284 g/mol. The number of hydrazine groups is 1. The maximum Gasteiger partial charge on any atom is 0.270 e. The van der Waals surface area contributed by atoms with Crippen LogP contribution >= 0.6 is 0 Å². The Hall–Kier alpha value is -2.43. The fraction of sp³-hybridized carbons (Fsp3) is 0.312. The van der Waals surface area contributed by atoms with Gasteiger partial charge in [0, 0.05) is 5.56 Å². The van der Waals surface area contributed by atoms with E-state index in [1.807, 2.05) is 31.2 Å². The molecule has 1 aliphatic carbocycles. The Labute approximate surface area is 122 Å². The van der Waals surface area contributed by atoms with E-state index in [0.717, 1.165) is 10.6 Å². The summed E-state index contributed by atoms with van der Waals surface area (Å²) in [7, 11) is 0. The summed E-state index contributed by atoms with van der Waals surface area (Å²) in [6.07, 6.45) is 4.95. The summed E-state index contributed by atoms with van der Waals surface area (Å²) < 4.78 is 0. The number of carbonyl (C=O) groups excluding carboxylic acids is 3. The maximum atomic E-state index is 12.3. The molecule has 2 aliphatic rings. The van der Waals surface area contributed by atoms with Gasteiger partial charge in [-0.05, 0) is 31.4 Å². The second-order valence-electron chi connectivity index (χ2n) is 5.42. The molecule has 0 spiro atoms. The van der Waals surface area contributed by atoms with E-state index in [2.05, 4.69) is 5.43 Å². The predicted octanol–water partition coefficient (Wildman–Crippen LogP) is 1.59. The van der Waals surface area contributed by atoms with E-state index in [1.54, 1.807) is 12.1 Å². The van der Waals surface area contributed by atoms with Crippen LogP contribution in [0.4, 0.5) is 0 Å². The molecule has 1 aliphatic heterocycles. The fourth-order valence-electron chi connectivity index (χ4n) is 2.90. The van der Waals surface area contributed by atoms with E-state index in [9.17, 15) is 14.4 Å². The Morgan fingerprint density at radius 2 is 1.67 bits per heavy atom. The van der Waals surface area contributed by atoms with Gasteiger partial charge in [0.05, 0.1) is 11.8 Å². The summed E-state index contributed by atoms with van der Waals surface area (Å²) in [5, 5.41) is 0.900. The van der Waals surface area contributed by atoms with E-state index in [0.29, 0.717) is 18.4 Å². The first-order valence-corrected chi connectivity index (χ1v) is 6.99. The largest absolute Gasteiger partial charge is 0.272 e. The molecule has 0 unspecified atom stereocenters. The maximum absolute atomic E-state index is 12.3. The normalized spacial score (nSPS) is 24.1. The van der Waals surface area contributed by atoms with E-state index in [4.69, 9.17) is 0 Å². The molecular weight excluding hydrogens is 268 g/mol. The molecule has 0 aromatic heterocycles. The smallest absolute Gasteiger partial charge is 0.270 e. The molecular formula is C16H16N2O3. The van der Waals surface area contributed by atoms with Gasteiger partial charge in [0.15, 0.2) is 0 Å². The molecule has 5 heteroatoms. The molecule has 1 aromatic carbocycles. The number of benzene rings is 1. The number of imide groups is 1. The summed E-state index contributed by atoms with van der Waals surface area (Å²) in [6, 6.07) is 7.06. The quantitative estimate of drug-likeness (QED) is 0.662. The summed E-state index contributed by atoms with van der Waals surface area (Å²) in [5.41, 5.74) is 3.72. The number of allylic oxidation sites excluding steroid dienone is 2. The topological polar surface area (TPSA) is 66.5 Å². The molecule has 0 radical (unpaired) electrons. The number of nitrogens with zero attached hydrogens (tertiary/aromatic N) is 1. The van der Waals surface area contributed by atoms with Crippen molar-refractivity contribution < 1.29 is 14.4 Å². The Morgan fingerprint density at radius 1 is 1.10 bits per heavy atom. The number of carbonyl (C=O) groups is 3. The van der Waals surface area contributed by atoms with Gasteiger partial charge in [-0.15, -0.1) is 0 Å². The molecule has 1 aromatic rings. The van der Waals surface area contributed by atoms with E-state index < -0.39 is 5.91 Å². The lowest BCUT2D eigenvalue weighted by atomic mass is 9.85. The minimum absolute atomic E-state index is 0.309. The van der Waals surface area contributed by atoms with Gasteiger partial charge in [-0.3, -0.25) is 19.8 Å². The van der Waals surface area contributed by atoms with Crippen molar-refractivity contribution in [3.63, 3.8) is 0 Å². The molecule has 2 atom stereocenters. The summed E-state index contributed by atoms with van der Waals surface area (Å²) >= 11 is 0. The number of nitrogens with one attached hydrogen (secondary N) is 1. The minimum atomic E-state index is -0.429. The first-order chi connectivity index (χ1) is 10.1. The highest BCUT2D eigenvalue weighted by molar-refractivity contribution is 6.08. The number of rotatable bonds is 2. The number of fused-ring (bicyclic) bond motifs is 1. The molecule has 1 N–H and O–H groups in total. The third-order valence-electron chi connectivity index (χ3n) is 4.11. The zero-order valence-corrected chi connectivity index (χ0v) is 11.7. The van der Waals surface area contributed by atoms with Crippen LogP contribution in [0.3, 0.4) is 0 Å². The van der Waals surface area contributed by atoms with Crippen molar-refractivity contribution in [3.8, 4) is 0 Å². The van der Waals surface area contributed by atoms with Gasteiger partial charge in [0.25, 0.3) is 17.7 Å². The zero-order valence-electron chi connectivity index (χ0n) is 11.7. The Kier molecular flexibility index (Phi) is 3.33. The average Bonchev–Trinajstić information content (AvgIpc) is 2.73. The van der Waals surface area contributed by atoms with Gasteiger partial charge in [-0.2, -0.15) is 5.01 Å². The van der Waals surface area contributed by atoms with Gasteiger partial charge >= 0.3 is 0 Å². The zero-order chi connectivity index (χ0) is 15.0. The van der Waals surface area contributed by atoms with Gasteiger partial charge in [-0.25, -0.2) is 0 Å². The lowest BCUT2D eigenvalue weighted by Crippen LogP contribution is -2.46. The predicted molar refractivity (Wildman–Crippen MR) is 75.9 cm³/mol. The number of hydrogen-bond donors (Lipinski definition) is 1. The SMILES string of the molecule is Cc1ccccc1C(=O)NN1C(=O)[C@H]2CC=CC[C@@H]2C1=O. The van der Waals surface area contributed by atoms with Crippen LogP contribution in [0.2, 0.25) is 0 Å². The standard InChI is InChI=1S/C16H16N2O3/c1-10-6-2-3-7-11(10)14(19)17-18-15(20)12-8-4-5-9-13(12)16(18)21/h2-7,12-13H,8-9H2,1H3,(H,17,19)/t12-,13-/m0/s1. The lowest BCUT2D eigenvalue weighted by Gasteiger charge is -2.16. The van der Waals surface area contributed by atoms with Crippen LogP contribution in [-0.2, 0) is 9.59 Å². The molecule has 108 valence electrons. The second-order valence-corrected chi connectivity index (χ2v) is 5.42. The van der Waals surface area contributed by atoms with Crippen molar-refractivity contribution in [1.29, 1.82) is 0 Å². The van der Waals surface area contributed by atoms with E-state index >= 15 is 0 Å². The second kappa shape index (κ2) is 5.16. The average molecular weight is 284 g/mol. The highest BCUT2D eigenvalue weighted by atomic mass is 16.2. The van der Waals surface area contributed by atoms with Crippen LogP contribution < -0.4 is 5.43 Å². The van der Waals surface area contributed by atoms with E-state index in [-0.39, 0.29) is 23.7 Å². The Balaban J connectivity index is 1.79. The number of amides is 3. The summed E-state index contributed by atoms with van der Waals surface area (Å²) in [6.45, 7) is 1.81. The highest BCUT2D eigenvalue weighted by Gasteiger charge is 2.48. The number of hydrogen-bond acceptors (Lipinski definition) is 3. The molecule has 5 nitrogen and oxygen atoms in total. The number of aryl methyl sites for hydroxylation is 1. The molecule has 0 bridgehead atoms. The molecule has 1 heterocycles. The molecule has 1 saturated heterocycles. The molecule has 21 heavy (non-hydrogen) atoms. The Bertz CT molecular complexity index is 625. The van der Waals surface area contributed by atoms with Crippen molar-refractivity contribution >= 4 is 17.7 Å². The van der Waals surface area contributed by atoms with Gasteiger partial charge in [-0.1, -0.05) is 30.4 Å². The molecule has 1 fully saturated rings. The van der Waals surface area contributed by atoms with Crippen molar-refractivity contribution in [2.75, 3.05) is 0 Å². The van der Waals surface area contributed by atoms with Crippen LogP contribution in [-0.4, -0.2) is 22.7 Å². The third kappa shape index (κ3) is 2.24. The van der Waals surface area contributed by atoms with Crippen LogP contribution in [0.5, 0.6) is 0 Å². The molecule has 3 amide bonds. The van der Waals surface area contributed by atoms with Gasteiger partial charge in [0.2, 0.25) is 0 Å². The lowest BCUT2D eigenvalue weighted by molar-refractivity contribution is -0.142. The van der Waals surface area contributed by atoms with Crippen molar-refractivity contribution in [3.05, 3.63) is 47.5 Å². The highest BCUT2D eigenvalue weighted by Crippen LogP contribution is 2.34. The van der Waals surface area contributed by atoms with Crippen molar-refractivity contribution in [2.45, 2.75) is 19.8 Å². The van der Waals surface area contributed by atoms with Gasteiger partial charge in [0.1, 0.15) is 0 Å². The summed E-state index contributed by atoms with van der Waals surface area (Å²) in [5.74, 6) is -1.71. The van der Waals surface area contributed by atoms with Crippen molar-refractivity contribution in [2.24, 2.45) is 11.8 Å². The van der Waals surface area contributed by atoms with Crippen LogP contribution in [0.1, 0.15) is 28.8 Å². The molecule has 0 saturated carbocycles. The first-order valence-electron chi connectivity index (χ1n) is 6.99. The van der Waals surface area contributed by atoms with Crippen molar-refractivity contribution in [1.82, 2.24) is 10.4 Å². The molecule has 3 rings (SSSR count). The third-order valence-corrected chi connectivity index (χ3v) is 4.11. The van der Waals surface area contributed by atoms with Crippen LogP contribution in [0.15, 0.2) is 36.4 Å². The van der Waals surface area contributed by atoms with E-state index in [1.165, 1.54) is 0 Å². The minimum Gasteiger partial charge on any atom is -0.272 e.